The molecule has 1 saturated heterocycles. The minimum absolute atomic E-state index is 0.0709. The highest BCUT2D eigenvalue weighted by Gasteiger charge is 2.35. The van der Waals surface area contributed by atoms with Crippen LogP contribution in [0.25, 0.3) is 0 Å². The van der Waals surface area contributed by atoms with Crippen molar-refractivity contribution in [1.82, 2.24) is 10.2 Å². The van der Waals surface area contributed by atoms with Crippen LogP contribution in [0.4, 0.5) is 5.69 Å². The van der Waals surface area contributed by atoms with E-state index in [0.717, 1.165) is 31.2 Å². The first kappa shape index (κ1) is 18.3. The summed E-state index contributed by atoms with van der Waals surface area (Å²) in [6.07, 6.45) is 5.40. The van der Waals surface area contributed by atoms with Gasteiger partial charge in [-0.2, -0.15) is 0 Å². The van der Waals surface area contributed by atoms with Gasteiger partial charge in [0, 0.05) is 37.2 Å². The maximum absolute atomic E-state index is 12.6. The quantitative estimate of drug-likeness (QED) is 0.834. The van der Waals surface area contributed by atoms with Gasteiger partial charge in [0.15, 0.2) is 0 Å². The average Bonchev–Trinajstić information content (AvgIpc) is 3.39. The van der Waals surface area contributed by atoms with E-state index in [9.17, 15) is 18.0 Å². The molecular weight excluding hydrogens is 366 g/mol. The van der Waals surface area contributed by atoms with Gasteiger partial charge in [-0.25, -0.2) is 8.42 Å². The Morgan fingerprint density at radius 3 is 2.41 bits per heavy atom. The molecule has 7 nitrogen and oxygen atoms in total. The zero-order valence-electron chi connectivity index (χ0n) is 15.5. The van der Waals surface area contributed by atoms with Crippen LogP contribution in [0.5, 0.6) is 0 Å². The number of rotatable bonds is 4. The Hall–Kier alpha value is -2.09. The molecular formula is C19H25N3O4S. The van der Waals surface area contributed by atoms with E-state index >= 15 is 0 Å². The summed E-state index contributed by atoms with van der Waals surface area (Å²) in [5.74, 6) is 0.380. The SMILES string of the molecule is CS(=O)(=O)N1CCc2cc(C(=O)NC3CCN(C(=O)C4CC4)CC3)ccc21. The average molecular weight is 391 g/mol. The zero-order chi connectivity index (χ0) is 19.2. The first-order valence-electron chi connectivity index (χ1n) is 9.53. The molecule has 1 N–H and O–H groups in total. The van der Waals surface area contributed by atoms with Gasteiger partial charge in [-0.3, -0.25) is 13.9 Å². The van der Waals surface area contributed by atoms with Crippen molar-refractivity contribution in [2.75, 3.05) is 30.2 Å². The second-order valence-corrected chi connectivity index (χ2v) is 9.68. The molecule has 1 aromatic carbocycles. The number of amides is 2. The van der Waals surface area contributed by atoms with E-state index in [2.05, 4.69) is 5.32 Å². The predicted molar refractivity (Wildman–Crippen MR) is 102 cm³/mol. The van der Waals surface area contributed by atoms with Crippen LogP contribution in [0, 0.1) is 5.92 Å². The van der Waals surface area contributed by atoms with Crippen LogP contribution in [-0.4, -0.2) is 57.1 Å². The first-order chi connectivity index (χ1) is 12.8. The third-order valence-electron chi connectivity index (χ3n) is 5.66. The van der Waals surface area contributed by atoms with Crippen molar-refractivity contribution in [1.29, 1.82) is 0 Å². The normalized spacial score (nSPS) is 20.5. The fraction of sp³-hybridized carbons (Fsp3) is 0.579. The number of carbonyl (C=O) groups is 2. The van der Waals surface area contributed by atoms with Crippen molar-refractivity contribution in [3.05, 3.63) is 29.3 Å². The highest BCUT2D eigenvalue weighted by atomic mass is 32.2. The lowest BCUT2D eigenvalue weighted by molar-refractivity contribution is -0.133. The largest absolute Gasteiger partial charge is 0.349 e. The van der Waals surface area contributed by atoms with Crippen molar-refractivity contribution in [3.63, 3.8) is 0 Å². The molecule has 0 aromatic heterocycles. The molecule has 0 radical (unpaired) electrons. The van der Waals surface area contributed by atoms with E-state index in [1.165, 1.54) is 10.6 Å². The predicted octanol–water partition coefficient (Wildman–Crippen LogP) is 1.14. The molecule has 2 amide bonds. The van der Waals surface area contributed by atoms with Crippen molar-refractivity contribution < 1.29 is 18.0 Å². The van der Waals surface area contributed by atoms with Crippen molar-refractivity contribution in [2.24, 2.45) is 5.92 Å². The Morgan fingerprint density at radius 1 is 1.07 bits per heavy atom. The van der Waals surface area contributed by atoms with Gasteiger partial charge in [-0.05, 0) is 55.9 Å². The number of nitrogens with zero attached hydrogens (tertiary/aromatic N) is 2. The van der Waals surface area contributed by atoms with Crippen molar-refractivity contribution >= 4 is 27.5 Å². The second kappa shape index (κ2) is 6.82. The minimum atomic E-state index is -3.29. The molecule has 3 aliphatic rings. The minimum Gasteiger partial charge on any atom is -0.349 e. The van der Waals surface area contributed by atoms with Crippen LogP contribution in [0.15, 0.2) is 18.2 Å². The number of likely N-dealkylation sites (tertiary alicyclic amines) is 1. The molecule has 2 fully saturated rings. The molecule has 0 spiro atoms. The lowest BCUT2D eigenvalue weighted by Crippen LogP contribution is -2.47. The molecule has 2 heterocycles. The molecule has 0 atom stereocenters. The van der Waals surface area contributed by atoms with Gasteiger partial charge in [0.2, 0.25) is 15.9 Å². The summed E-state index contributed by atoms with van der Waals surface area (Å²) >= 11 is 0. The van der Waals surface area contributed by atoms with Crippen LogP contribution in [0.2, 0.25) is 0 Å². The molecule has 8 heteroatoms. The van der Waals surface area contributed by atoms with E-state index in [4.69, 9.17) is 0 Å². The van der Waals surface area contributed by atoms with Gasteiger partial charge in [0.25, 0.3) is 5.91 Å². The highest BCUT2D eigenvalue weighted by Crippen LogP contribution is 2.32. The van der Waals surface area contributed by atoms with Gasteiger partial charge in [-0.15, -0.1) is 0 Å². The van der Waals surface area contributed by atoms with Crippen LogP contribution >= 0.6 is 0 Å². The lowest BCUT2D eigenvalue weighted by atomic mass is 10.0. The number of hydrogen-bond acceptors (Lipinski definition) is 4. The molecule has 4 rings (SSSR count). The Bertz CT molecular complexity index is 871. The van der Waals surface area contributed by atoms with E-state index in [0.29, 0.717) is 37.3 Å². The van der Waals surface area contributed by atoms with Gasteiger partial charge in [0.05, 0.1) is 11.9 Å². The molecule has 0 bridgehead atoms. The Morgan fingerprint density at radius 2 is 1.78 bits per heavy atom. The van der Waals surface area contributed by atoms with Crippen molar-refractivity contribution in [2.45, 2.75) is 38.1 Å². The monoisotopic (exact) mass is 391 g/mol. The first-order valence-corrected chi connectivity index (χ1v) is 11.4. The third-order valence-corrected chi connectivity index (χ3v) is 6.84. The van der Waals surface area contributed by atoms with Gasteiger partial charge < -0.3 is 10.2 Å². The number of nitrogens with one attached hydrogen (secondary N) is 1. The van der Waals surface area contributed by atoms with Gasteiger partial charge in [-0.1, -0.05) is 0 Å². The molecule has 0 unspecified atom stereocenters. The van der Waals surface area contributed by atoms with Crippen LogP contribution in [0.3, 0.4) is 0 Å². The Balaban J connectivity index is 1.36. The number of fused-ring (bicyclic) bond motifs is 1. The highest BCUT2D eigenvalue weighted by molar-refractivity contribution is 7.92. The zero-order valence-corrected chi connectivity index (χ0v) is 16.3. The summed E-state index contributed by atoms with van der Waals surface area (Å²) in [6.45, 7) is 1.83. The summed E-state index contributed by atoms with van der Waals surface area (Å²) in [5.41, 5.74) is 2.11. The van der Waals surface area contributed by atoms with E-state index in [-0.39, 0.29) is 23.8 Å². The smallest absolute Gasteiger partial charge is 0.251 e. The molecule has 2 aliphatic heterocycles. The topological polar surface area (TPSA) is 86.8 Å². The van der Waals surface area contributed by atoms with Crippen molar-refractivity contribution in [3.8, 4) is 0 Å². The second-order valence-electron chi connectivity index (χ2n) is 7.78. The molecule has 1 saturated carbocycles. The van der Waals surface area contributed by atoms with Crippen LogP contribution in [0.1, 0.15) is 41.6 Å². The standard InChI is InChI=1S/C19H25N3O4S/c1-27(25,26)22-11-6-14-12-15(4-5-17(14)22)18(23)20-16-7-9-21(10-8-16)19(24)13-2-3-13/h4-5,12-13,16H,2-3,6-11H2,1H3,(H,20,23). The lowest BCUT2D eigenvalue weighted by Gasteiger charge is -2.32. The maximum atomic E-state index is 12.6. The molecule has 146 valence electrons. The molecule has 1 aliphatic carbocycles. The summed E-state index contributed by atoms with van der Waals surface area (Å²) < 4.78 is 25.0. The number of sulfonamides is 1. The summed E-state index contributed by atoms with van der Waals surface area (Å²) in [7, 11) is -3.29. The summed E-state index contributed by atoms with van der Waals surface area (Å²) in [6, 6.07) is 5.27. The fourth-order valence-corrected chi connectivity index (χ4v) is 4.92. The summed E-state index contributed by atoms with van der Waals surface area (Å²) in [4.78, 5) is 26.6. The number of carbonyl (C=O) groups excluding carboxylic acids is 2. The molecule has 1 aromatic rings. The van der Waals surface area contributed by atoms with Gasteiger partial charge in [0.1, 0.15) is 0 Å². The molecule has 27 heavy (non-hydrogen) atoms. The number of piperidine rings is 1. The fourth-order valence-electron chi connectivity index (χ4n) is 3.96. The van der Waals surface area contributed by atoms with E-state index in [1.807, 2.05) is 4.90 Å². The summed E-state index contributed by atoms with van der Waals surface area (Å²) in [5, 5.41) is 3.06. The van der Waals surface area contributed by atoms with Gasteiger partial charge >= 0.3 is 0 Å². The maximum Gasteiger partial charge on any atom is 0.251 e. The van der Waals surface area contributed by atoms with Crippen LogP contribution < -0.4 is 9.62 Å². The van der Waals surface area contributed by atoms with E-state index in [1.54, 1.807) is 18.2 Å². The Labute approximate surface area is 159 Å². The number of anilines is 1. The van der Waals surface area contributed by atoms with E-state index < -0.39 is 10.0 Å². The third kappa shape index (κ3) is 3.81. The van der Waals surface area contributed by atoms with Crippen LogP contribution in [-0.2, 0) is 21.2 Å². The Kier molecular flexibility index (Phi) is 4.61. The number of benzene rings is 1. The number of hydrogen-bond donors (Lipinski definition) is 1.